The second-order valence-corrected chi connectivity index (χ2v) is 6.04. The Morgan fingerprint density at radius 2 is 1.95 bits per heavy atom. The Bertz CT molecular complexity index is 553. The van der Waals surface area contributed by atoms with Crippen LogP contribution < -0.4 is 4.57 Å². The highest BCUT2D eigenvalue weighted by Gasteiger charge is 2.20. The standard InChI is InChI=1S/C13H18ClN2O2S/c1-10-16(9-15(4-6-17)5-7-18)12-8-11(14)2-3-13(12)19-10/h2-3,8,17-18H,4-7,9H2,1H3/q+1. The van der Waals surface area contributed by atoms with Crippen LogP contribution in [0.4, 0.5) is 0 Å². The number of aryl methyl sites for hydroxylation is 1. The molecule has 0 fully saturated rings. The van der Waals surface area contributed by atoms with E-state index in [1.54, 1.807) is 11.3 Å². The Morgan fingerprint density at radius 1 is 1.26 bits per heavy atom. The van der Waals surface area contributed by atoms with Crippen LogP contribution in [0.1, 0.15) is 5.01 Å². The summed E-state index contributed by atoms with van der Waals surface area (Å²) in [6, 6.07) is 5.87. The minimum absolute atomic E-state index is 0.0857. The Morgan fingerprint density at radius 3 is 2.58 bits per heavy atom. The minimum Gasteiger partial charge on any atom is -0.395 e. The van der Waals surface area contributed by atoms with Gasteiger partial charge in [0.1, 0.15) is 4.70 Å². The first-order valence-electron chi connectivity index (χ1n) is 6.18. The van der Waals surface area contributed by atoms with Crippen molar-refractivity contribution >= 4 is 33.2 Å². The van der Waals surface area contributed by atoms with Crippen LogP contribution in [-0.2, 0) is 6.67 Å². The van der Waals surface area contributed by atoms with E-state index in [0.29, 0.717) is 19.8 Å². The van der Waals surface area contributed by atoms with Gasteiger partial charge in [0.05, 0.1) is 13.2 Å². The molecule has 1 aromatic carbocycles. The number of benzene rings is 1. The van der Waals surface area contributed by atoms with Gasteiger partial charge in [-0.05, 0) is 12.1 Å². The van der Waals surface area contributed by atoms with Crippen molar-refractivity contribution in [3.8, 4) is 0 Å². The normalized spacial score (nSPS) is 11.6. The lowest BCUT2D eigenvalue weighted by molar-refractivity contribution is -0.692. The SMILES string of the molecule is Cc1sc2ccc(Cl)cc2[n+]1CN(CCO)CCO. The Labute approximate surface area is 121 Å². The maximum atomic E-state index is 9.07. The average Bonchev–Trinajstić information content (AvgIpc) is 2.67. The van der Waals surface area contributed by atoms with Gasteiger partial charge in [0.25, 0.3) is 0 Å². The van der Waals surface area contributed by atoms with E-state index in [4.69, 9.17) is 21.8 Å². The Balaban J connectivity index is 2.32. The van der Waals surface area contributed by atoms with Crippen molar-refractivity contribution in [2.24, 2.45) is 0 Å². The number of aromatic nitrogens is 1. The zero-order valence-corrected chi connectivity index (χ0v) is 12.4. The van der Waals surface area contributed by atoms with Gasteiger partial charge in [0, 0.05) is 31.1 Å². The second-order valence-electron chi connectivity index (χ2n) is 4.37. The van der Waals surface area contributed by atoms with Gasteiger partial charge in [-0.2, -0.15) is 4.57 Å². The smallest absolute Gasteiger partial charge is 0.236 e. The van der Waals surface area contributed by atoms with Crippen molar-refractivity contribution in [2.45, 2.75) is 13.6 Å². The number of aliphatic hydroxyl groups excluding tert-OH is 2. The number of aliphatic hydroxyl groups is 2. The van der Waals surface area contributed by atoms with Crippen LogP contribution in [0.3, 0.4) is 0 Å². The quantitative estimate of drug-likeness (QED) is 0.793. The number of nitrogens with zero attached hydrogens (tertiary/aromatic N) is 2. The molecule has 19 heavy (non-hydrogen) atoms. The van der Waals surface area contributed by atoms with Gasteiger partial charge in [-0.15, -0.1) is 0 Å². The molecule has 0 atom stereocenters. The fourth-order valence-electron chi connectivity index (χ4n) is 2.08. The van der Waals surface area contributed by atoms with Crippen molar-refractivity contribution in [2.75, 3.05) is 26.3 Å². The highest BCUT2D eigenvalue weighted by Crippen LogP contribution is 2.23. The molecule has 2 N–H and O–H groups in total. The van der Waals surface area contributed by atoms with Crippen molar-refractivity contribution in [1.29, 1.82) is 0 Å². The molecule has 104 valence electrons. The summed E-state index contributed by atoms with van der Waals surface area (Å²) >= 11 is 7.77. The summed E-state index contributed by atoms with van der Waals surface area (Å²) in [6.07, 6.45) is 0. The first-order valence-corrected chi connectivity index (χ1v) is 7.37. The van der Waals surface area contributed by atoms with Gasteiger partial charge in [-0.25, -0.2) is 4.90 Å². The van der Waals surface area contributed by atoms with Crippen LogP contribution in [0, 0.1) is 6.92 Å². The lowest BCUT2D eigenvalue weighted by atomic mass is 10.3. The fraction of sp³-hybridized carbons (Fsp3) is 0.462. The van der Waals surface area contributed by atoms with E-state index in [9.17, 15) is 0 Å². The van der Waals surface area contributed by atoms with Crippen LogP contribution in [0.25, 0.3) is 10.2 Å². The highest BCUT2D eigenvalue weighted by molar-refractivity contribution is 7.18. The zero-order chi connectivity index (χ0) is 13.8. The van der Waals surface area contributed by atoms with Crippen molar-refractivity contribution in [3.05, 3.63) is 28.2 Å². The monoisotopic (exact) mass is 301 g/mol. The molecular weight excluding hydrogens is 284 g/mol. The molecule has 0 radical (unpaired) electrons. The highest BCUT2D eigenvalue weighted by atomic mass is 35.5. The molecule has 0 aliphatic heterocycles. The molecule has 0 spiro atoms. The Kier molecular flexibility index (Phi) is 5.13. The number of fused-ring (bicyclic) bond motifs is 1. The summed E-state index contributed by atoms with van der Waals surface area (Å²) < 4.78 is 3.35. The number of hydrogen-bond acceptors (Lipinski definition) is 4. The molecule has 0 aliphatic rings. The molecule has 2 aromatic rings. The topological polar surface area (TPSA) is 47.6 Å². The van der Waals surface area contributed by atoms with E-state index in [1.807, 2.05) is 23.1 Å². The van der Waals surface area contributed by atoms with Crippen LogP contribution in [0.2, 0.25) is 5.02 Å². The maximum absolute atomic E-state index is 9.07. The predicted molar refractivity (Wildman–Crippen MR) is 77.5 cm³/mol. The van der Waals surface area contributed by atoms with E-state index in [0.717, 1.165) is 10.5 Å². The summed E-state index contributed by atoms with van der Waals surface area (Å²) in [6.45, 7) is 3.97. The van der Waals surface area contributed by atoms with Crippen molar-refractivity contribution in [1.82, 2.24) is 4.90 Å². The fourth-order valence-corrected chi connectivity index (χ4v) is 3.24. The van der Waals surface area contributed by atoms with Gasteiger partial charge in [0.15, 0.2) is 0 Å². The van der Waals surface area contributed by atoms with Crippen LogP contribution in [0.15, 0.2) is 18.2 Å². The summed E-state index contributed by atoms with van der Waals surface area (Å²) in [4.78, 5) is 2.01. The van der Waals surface area contributed by atoms with Crippen LogP contribution >= 0.6 is 22.9 Å². The summed E-state index contributed by atoms with van der Waals surface area (Å²) in [5.41, 5.74) is 1.09. The lowest BCUT2D eigenvalue weighted by Crippen LogP contribution is -2.46. The molecule has 6 heteroatoms. The third-order valence-corrected chi connectivity index (χ3v) is 4.34. The van der Waals surface area contributed by atoms with E-state index < -0.39 is 0 Å². The zero-order valence-electron chi connectivity index (χ0n) is 10.8. The third kappa shape index (κ3) is 3.43. The minimum atomic E-state index is 0.0857. The number of thiazole rings is 1. The molecular formula is C13H18ClN2O2S+. The van der Waals surface area contributed by atoms with Crippen molar-refractivity contribution < 1.29 is 14.8 Å². The summed E-state index contributed by atoms with van der Waals surface area (Å²) in [7, 11) is 0. The largest absolute Gasteiger partial charge is 0.395 e. The van der Waals surface area contributed by atoms with Gasteiger partial charge in [-0.3, -0.25) is 0 Å². The van der Waals surface area contributed by atoms with E-state index in [1.165, 1.54) is 9.71 Å². The molecule has 0 amide bonds. The molecule has 1 aromatic heterocycles. The number of rotatable bonds is 6. The first-order chi connectivity index (χ1) is 9.15. The number of hydrogen-bond donors (Lipinski definition) is 2. The van der Waals surface area contributed by atoms with Gasteiger partial charge < -0.3 is 10.2 Å². The molecule has 0 saturated carbocycles. The predicted octanol–water partition coefficient (Wildman–Crippen LogP) is 1.39. The maximum Gasteiger partial charge on any atom is 0.236 e. The molecule has 0 unspecified atom stereocenters. The van der Waals surface area contributed by atoms with Gasteiger partial charge in [0.2, 0.25) is 17.2 Å². The van der Waals surface area contributed by atoms with E-state index in [2.05, 4.69) is 11.5 Å². The average molecular weight is 302 g/mol. The Hall–Kier alpha value is -0.720. The summed E-state index contributed by atoms with van der Waals surface area (Å²) in [5.74, 6) is 0. The molecule has 0 saturated heterocycles. The molecule has 2 rings (SSSR count). The van der Waals surface area contributed by atoms with Crippen molar-refractivity contribution in [3.63, 3.8) is 0 Å². The molecule has 0 bridgehead atoms. The van der Waals surface area contributed by atoms with Gasteiger partial charge in [-0.1, -0.05) is 22.9 Å². The lowest BCUT2D eigenvalue weighted by Gasteiger charge is -2.16. The molecule has 1 heterocycles. The molecule has 4 nitrogen and oxygen atoms in total. The van der Waals surface area contributed by atoms with E-state index >= 15 is 0 Å². The second kappa shape index (κ2) is 6.63. The van der Waals surface area contributed by atoms with Crippen LogP contribution in [0.5, 0.6) is 0 Å². The molecule has 0 aliphatic carbocycles. The van der Waals surface area contributed by atoms with Crippen LogP contribution in [-0.4, -0.2) is 41.4 Å². The number of halogens is 1. The summed E-state index contributed by atoms with van der Waals surface area (Å²) in [5, 5.41) is 20.0. The van der Waals surface area contributed by atoms with Gasteiger partial charge >= 0.3 is 0 Å². The van der Waals surface area contributed by atoms with E-state index in [-0.39, 0.29) is 13.2 Å². The third-order valence-electron chi connectivity index (χ3n) is 3.02. The first kappa shape index (κ1) is 14.7.